The highest BCUT2D eigenvalue weighted by Crippen LogP contribution is 2.40. The Kier molecular flexibility index (Phi) is 4.94. The molecule has 0 N–H and O–H groups in total. The third kappa shape index (κ3) is 3.31. The van der Waals surface area contributed by atoms with Crippen LogP contribution in [-0.2, 0) is 14.8 Å². The second-order valence-electron chi connectivity index (χ2n) is 6.55. The van der Waals surface area contributed by atoms with Gasteiger partial charge in [0, 0.05) is 12.7 Å². The van der Waals surface area contributed by atoms with E-state index in [1.165, 1.54) is 29.7 Å². The van der Waals surface area contributed by atoms with Crippen LogP contribution < -0.4 is 9.47 Å². The molecule has 28 heavy (non-hydrogen) atoms. The van der Waals surface area contributed by atoms with E-state index in [-0.39, 0.29) is 16.6 Å². The number of aromatic nitrogens is 1. The number of carbonyl (C=O) groups is 1. The number of nitrogens with zero attached hydrogens (tertiary/aromatic N) is 2. The highest BCUT2D eigenvalue weighted by atomic mass is 32.2. The van der Waals surface area contributed by atoms with E-state index in [1.807, 2.05) is 18.2 Å². The number of sulfonamides is 1. The predicted molar refractivity (Wildman–Crippen MR) is 98.9 cm³/mol. The lowest BCUT2D eigenvalue weighted by Crippen LogP contribution is -2.31. The van der Waals surface area contributed by atoms with E-state index in [9.17, 15) is 13.2 Å². The van der Waals surface area contributed by atoms with E-state index in [0.717, 1.165) is 12.0 Å². The number of ether oxygens (including phenoxy) is 3. The lowest BCUT2D eigenvalue weighted by molar-refractivity contribution is 0.0594. The molecule has 1 atom stereocenters. The van der Waals surface area contributed by atoms with Crippen molar-refractivity contribution in [3.8, 4) is 11.5 Å². The fraction of sp³-hybridized carbons (Fsp3) is 0.368. The fourth-order valence-electron chi connectivity index (χ4n) is 3.52. The Morgan fingerprint density at radius 2 is 1.96 bits per heavy atom. The molecule has 0 amide bonds. The highest BCUT2D eigenvalue weighted by Gasteiger charge is 2.37. The number of rotatable bonds is 4. The van der Waals surface area contributed by atoms with Gasteiger partial charge < -0.3 is 14.2 Å². The van der Waals surface area contributed by atoms with Crippen molar-refractivity contribution in [3.05, 3.63) is 47.8 Å². The molecule has 1 aromatic carbocycles. The zero-order valence-electron chi connectivity index (χ0n) is 15.3. The molecule has 0 bridgehead atoms. The van der Waals surface area contributed by atoms with E-state index in [0.29, 0.717) is 37.7 Å². The number of carbonyl (C=O) groups excluding carboxylic acids is 1. The van der Waals surface area contributed by atoms with Gasteiger partial charge >= 0.3 is 5.97 Å². The molecule has 1 fully saturated rings. The van der Waals surface area contributed by atoms with E-state index in [1.54, 1.807) is 0 Å². The summed E-state index contributed by atoms with van der Waals surface area (Å²) in [7, 11) is -2.51. The Morgan fingerprint density at radius 1 is 1.18 bits per heavy atom. The van der Waals surface area contributed by atoms with Gasteiger partial charge in [0.15, 0.2) is 11.5 Å². The van der Waals surface area contributed by atoms with Crippen molar-refractivity contribution >= 4 is 16.0 Å². The lowest BCUT2D eigenvalue weighted by atomic mass is 10.0. The largest absolute Gasteiger partial charge is 0.486 e. The molecule has 0 radical (unpaired) electrons. The van der Waals surface area contributed by atoms with Crippen molar-refractivity contribution in [2.45, 2.75) is 23.8 Å². The molecule has 1 saturated heterocycles. The van der Waals surface area contributed by atoms with Crippen LogP contribution >= 0.6 is 0 Å². The number of pyridine rings is 1. The van der Waals surface area contributed by atoms with Crippen molar-refractivity contribution < 1.29 is 27.4 Å². The van der Waals surface area contributed by atoms with Crippen molar-refractivity contribution in [2.75, 3.05) is 26.9 Å². The summed E-state index contributed by atoms with van der Waals surface area (Å²) >= 11 is 0. The summed E-state index contributed by atoms with van der Waals surface area (Å²) in [6, 6.07) is 8.00. The van der Waals surface area contributed by atoms with Gasteiger partial charge in [-0.1, -0.05) is 6.07 Å². The summed E-state index contributed by atoms with van der Waals surface area (Å²) in [6.45, 7) is 1.40. The molecule has 3 heterocycles. The summed E-state index contributed by atoms with van der Waals surface area (Å²) < 4.78 is 43.6. The maximum Gasteiger partial charge on any atom is 0.356 e. The van der Waals surface area contributed by atoms with E-state index >= 15 is 0 Å². The maximum absolute atomic E-state index is 13.2. The van der Waals surface area contributed by atoms with E-state index < -0.39 is 16.0 Å². The van der Waals surface area contributed by atoms with Crippen molar-refractivity contribution in [3.63, 3.8) is 0 Å². The Morgan fingerprint density at radius 3 is 2.68 bits per heavy atom. The van der Waals surface area contributed by atoms with Crippen LogP contribution in [0.25, 0.3) is 0 Å². The maximum atomic E-state index is 13.2. The van der Waals surface area contributed by atoms with Gasteiger partial charge in [-0.15, -0.1) is 0 Å². The normalized spacial score (nSPS) is 19.4. The second kappa shape index (κ2) is 7.40. The molecule has 0 spiro atoms. The highest BCUT2D eigenvalue weighted by molar-refractivity contribution is 7.89. The van der Waals surface area contributed by atoms with Crippen LogP contribution in [0.15, 0.2) is 41.4 Å². The van der Waals surface area contributed by atoms with Crippen molar-refractivity contribution in [1.82, 2.24) is 9.29 Å². The van der Waals surface area contributed by atoms with Crippen LogP contribution in [0.2, 0.25) is 0 Å². The third-order valence-electron chi connectivity index (χ3n) is 4.89. The molecule has 0 aliphatic carbocycles. The van der Waals surface area contributed by atoms with Crippen molar-refractivity contribution in [2.24, 2.45) is 0 Å². The molecule has 0 saturated carbocycles. The number of esters is 1. The van der Waals surface area contributed by atoms with Crippen LogP contribution in [0, 0.1) is 0 Å². The number of fused-ring (bicyclic) bond motifs is 1. The Labute approximate surface area is 163 Å². The monoisotopic (exact) mass is 404 g/mol. The van der Waals surface area contributed by atoms with Crippen molar-refractivity contribution in [1.29, 1.82) is 0 Å². The first-order valence-electron chi connectivity index (χ1n) is 8.96. The summed E-state index contributed by atoms with van der Waals surface area (Å²) in [4.78, 5) is 15.5. The minimum Gasteiger partial charge on any atom is -0.486 e. The summed E-state index contributed by atoms with van der Waals surface area (Å²) in [5, 5.41) is 0. The van der Waals surface area contributed by atoms with Gasteiger partial charge in [-0.05, 0) is 42.7 Å². The Bertz CT molecular complexity index is 990. The Balaban J connectivity index is 1.63. The quantitative estimate of drug-likeness (QED) is 0.721. The number of hydrogen-bond acceptors (Lipinski definition) is 7. The van der Waals surface area contributed by atoms with Crippen LogP contribution in [0.4, 0.5) is 0 Å². The SMILES string of the molecule is COC(=O)c1ccc(S(=O)(=O)N2CCC[C@@H]2c2ccc3c(c2)OCCO3)cn1. The van der Waals surface area contributed by atoms with Gasteiger partial charge in [-0.25, -0.2) is 18.2 Å². The first-order chi connectivity index (χ1) is 13.5. The summed E-state index contributed by atoms with van der Waals surface area (Å²) in [5.74, 6) is 0.696. The molecular weight excluding hydrogens is 384 g/mol. The smallest absolute Gasteiger partial charge is 0.356 e. The van der Waals surface area contributed by atoms with Crippen LogP contribution in [-0.4, -0.2) is 50.5 Å². The second-order valence-corrected chi connectivity index (χ2v) is 8.44. The molecule has 9 heteroatoms. The average Bonchev–Trinajstić information content (AvgIpc) is 3.24. The zero-order valence-corrected chi connectivity index (χ0v) is 16.1. The van der Waals surface area contributed by atoms with Crippen LogP contribution in [0.5, 0.6) is 11.5 Å². The fourth-order valence-corrected chi connectivity index (χ4v) is 5.15. The first kappa shape index (κ1) is 18.7. The van der Waals surface area contributed by atoms with Gasteiger partial charge in [-0.3, -0.25) is 0 Å². The molecule has 2 aliphatic heterocycles. The standard InChI is InChI=1S/C19H20N2O6S/c1-25-19(22)15-6-5-14(12-20-15)28(23,24)21-8-2-3-16(21)13-4-7-17-18(11-13)27-10-9-26-17/h4-7,11-12,16H,2-3,8-10H2,1H3/t16-/m1/s1. The molecule has 1 aromatic heterocycles. The topological polar surface area (TPSA) is 95.0 Å². The van der Waals surface area contributed by atoms with Gasteiger partial charge in [0.25, 0.3) is 0 Å². The molecular formula is C19H20N2O6S. The summed E-state index contributed by atoms with van der Waals surface area (Å²) in [5.41, 5.74) is 0.927. The average molecular weight is 404 g/mol. The summed E-state index contributed by atoms with van der Waals surface area (Å²) in [6.07, 6.45) is 2.67. The minimum atomic E-state index is -3.76. The number of methoxy groups -OCH3 is 1. The molecule has 0 unspecified atom stereocenters. The van der Waals surface area contributed by atoms with Gasteiger partial charge in [0.1, 0.15) is 23.8 Å². The molecule has 8 nitrogen and oxygen atoms in total. The van der Waals surface area contributed by atoms with E-state index in [2.05, 4.69) is 9.72 Å². The van der Waals surface area contributed by atoms with Crippen LogP contribution in [0.3, 0.4) is 0 Å². The number of hydrogen-bond donors (Lipinski definition) is 0. The van der Waals surface area contributed by atoms with Gasteiger partial charge in [0.05, 0.1) is 13.2 Å². The Hall–Kier alpha value is -2.65. The van der Waals surface area contributed by atoms with Gasteiger partial charge in [-0.2, -0.15) is 4.31 Å². The lowest BCUT2D eigenvalue weighted by Gasteiger charge is -2.26. The molecule has 148 valence electrons. The zero-order chi connectivity index (χ0) is 19.7. The molecule has 2 aliphatic rings. The van der Waals surface area contributed by atoms with E-state index in [4.69, 9.17) is 9.47 Å². The van der Waals surface area contributed by atoms with Crippen LogP contribution in [0.1, 0.15) is 34.9 Å². The predicted octanol–water partition coefficient (Wildman–Crippen LogP) is 2.17. The van der Waals surface area contributed by atoms with Gasteiger partial charge in [0.2, 0.25) is 10.0 Å². The molecule has 2 aromatic rings. The first-order valence-corrected chi connectivity index (χ1v) is 10.4. The third-order valence-corrected chi connectivity index (χ3v) is 6.78. The molecule has 4 rings (SSSR count). The minimum absolute atomic E-state index is 0.0459. The number of benzene rings is 1.